The topological polar surface area (TPSA) is 177 Å². The molecule has 1 aliphatic heterocycles. The van der Waals surface area contributed by atoms with Crippen molar-refractivity contribution in [3.63, 3.8) is 0 Å². The van der Waals surface area contributed by atoms with Gasteiger partial charge in [-0.05, 0) is 20.3 Å². The van der Waals surface area contributed by atoms with Gasteiger partial charge in [0.25, 0.3) is 0 Å². The van der Waals surface area contributed by atoms with Crippen molar-refractivity contribution < 1.29 is 38.4 Å². The van der Waals surface area contributed by atoms with Crippen LogP contribution in [0.15, 0.2) is 11.0 Å². The van der Waals surface area contributed by atoms with Crippen molar-refractivity contribution in [2.45, 2.75) is 83.2 Å². The number of anilines is 1. The second kappa shape index (κ2) is 8.86. The third-order valence-electron chi connectivity index (χ3n) is 5.93. The van der Waals surface area contributed by atoms with Gasteiger partial charge in [-0.3, -0.25) is 13.7 Å². The lowest BCUT2D eigenvalue weighted by atomic mass is 9.90. The van der Waals surface area contributed by atoms with Gasteiger partial charge in [0.2, 0.25) is 5.85 Å². The van der Waals surface area contributed by atoms with Gasteiger partial charge >= 0.3 is 13.3 Å². The normalized spacial score (nSPS) is 30.9. The monoisotopic (exact) mass is 467 g/mol. The van der Waals surface area contributed by atoms with Crippen LogP contribution in [-0.4, -0.2) is 59.3 Å². The van der Waals surface area contributed by atoms with Crippen LogP contribution < -0.4 is 11.4 Å². The van der Waals surface area contributed by atoms with E-state index >= 15 is 4.39 Å². The van der Waals surface area contributed by atoms with Crippen LogP contribution in [-0.2, 0) is 13.8 Å². The molecule has 2 heterocycles. The van der Waals surface area contributed by atoms with E-state index in [1.807, 2.05) is 0 Å². The molecule has 1 aliphatic rings. The fourth-order valence-electron chi connectivity index (χ4n) is 3.31. The Labute approximate surface area is 179 Å². The zero-order valence-electron chi connectivity index (χ0n) is 18.1. The molecule has 1 fully saturated rings. The number of nitrogens with zero attached hydrogens (tertiary/aromatic N) is 2. The number of nitrogen functional groups attached to an aromatic ring is 1. The maximum Gasteiger partial charge on any atom is 0.361 e. The Balaban J connectivity index is 2.36. The van der Waals surface area contributed by atoms with Crippen LogP contribution in [0.2, 0.25) is 0 Å². The molecule has 1 saturated heterocycles. The van der Waals surface area contributed by atoms with Crippen molar-refractivity contribution in [3.05, 3.63) is 22.2 Å². The largest absolute Gasteiger partial charge is 0.388 e. The highest BCUT2D eigenvalue weighted by molar-refractivity contribution is 7.54. The number of aliphatic hydroxyl groups is 3. The second-order valence-electron chi connectivity index (χ2n) is 8.08. The van der Waals surface area contributed by atoms with E-state index in [9.17, 15) is 29.6 Å². The van der Waals surface area contributed by atoms with Crippen LogP contribution >= 0.6 is 7.60 Å². The SMILES string of the molecule is CCC(F)(OP(=O)(O)C(C)(O)CC)C(C)C1O[C@@H](n2cc(C)c(N)nc2=O)[C@H](O)[C@@H]1O. The van der Waals surface area contributed by atoms with Crippen LogP contribution in [0, 0.1) is 12.8 Å². The highest BCUT2D eigenvalue weighted by atomic mass is 31.2. The van der Waals surface area contributed by atoms with Gasteiger partial charge in [0, 0.05) is 24.1 Å². The Hall–Kier alpha value is -1.40. The number of ether oxygens (including phenoxy) is 1. The lowest BCUT2D eigenvalue weighted by molar-refractivity contribution is -0.173. The summed E-state index contributed by atoms with van der Waals surface area (Å²) in [5.74, 6) is -4.19. The molecular weight excluding hydrogens is 436 g/mol. The van der Waals surface area contributed by atoms with Gasteiger partial charge in [0.1, 0.15) is 18.0 Å². The zero-order valence-corrected chi connectivity index (χ0v) is 19.0. The first kappa shape index (κ1) is 25.9. The average molecular weight is 467 g/mol. The molecule has 6 N–H and O–H groups in total. The van der Waals surface area contributed by atoms with E-state index in [4.69, 9.17) is 15.0 Å². The van der Waals surface area contributed by atoms with Crippen molar-refractivity contribution in [2.75, 3.05) is 5.73 Å². The Kier molecular flexibility index (Phi) is 7.39. The van der Waals surface area contributed by atoms with Crippen LogP contribution in [0.1, 0.15) is 52.3 Å². The van der Waals surface area contributed by atoms with Gasteiger partial charge in [-0.2, -0.15) is 4.98 Å². The predicted octanol–water partition coefficient (Wildman–Crippen LogP) is 0.786. The standard InChI is InChI=1S/C18H31FN3O8P/c1-6-17(5,26)31(27,28)30-18(19,7-2)10(4)13-11(23)12(24)15(29-13)22-8-9(3)14(20)21-16(22)25/h8,10-13,15,23-24,26H,6-7H2,1-5H3,(H,27,28)(H2,20,21,25)/t10?,11-,12+,13?,15+,17?,18?/m0/s1. The number of alkyl halides is 1. The molecular formula is C18H31FN3O8P. The molecule has 1 aromatic rings. The first-order chi connectivity index (χ1) is 14.1. The van der Waals surface area contributed by atoms with Crippen LogP contribution in [0.4, 0.5) is 10.2 Å². The summed E-state index contributed by atoms with van der Waals surface area (Å²) in [6, 6.07) is 0. The summed E-state index contributed by atoms with van der Waals surface area (Å²) in [7, 11) is -4.85. The molecule has 11 nitrogen and oxygen atoms in total. The van der Waals surface area contributed by atoms with Crippen molar-refractivity contribution in [1.29, 1.82) is 0 Å². The van der Waals surface area contributed by atoms with E-state index < -0.39 is 61.4 Å². The smallest absolute Gasteiger partial charge is 0.361 e. The van der Waals surface area contributed by atoms with Crippen LogP contribution in [0.5, 0.6) is 0 Å². The van der Waals surface area contributed by atoms with E-state index in [2.05, 4.69) is 4.98 Å². The lowest BCUT2D eigenvalue weighted by Gasteiger charge is -2.38. The number of nitrogens with two attached hydrogens (primary N) is 1. The fraction of sp³-hybridized carbons (Fsp3) is 0.778. The van der Waals surface area contributed by atoms with Crippen molar-refractivity contribution in [1.82, 2.24) is 9.55 Å². The van der Waals surface area contributed by atoms with Gasteiger partial charge in [0.05, 0.1) is 6.10 Å². The Morgan fingerprint density at radius 1 is 1.39 bits per heavy atom. The van der Waals surface area contributed by atoms with E-state index in [1.165, 1.54) is 27.0 Å². The van der Waals surface area contributed by atoms with Gasteiger partial charge in [-0.1, -0.05) is 20.8 Å². The summed E-state index contributed by atoms with van der Waals surface area (Å²) >= 11 is 0. The van der Waals surface area contributed by atoms with Gasteiger partial charge < -0.3 is 30.7 Å². The minimum absolute atomic E-state index is 0.0111. The van der Waals surface area contributed by atoms with E-state index in [1.54, 1.807) is 6.92 Å². The average Bonchev–Trinajstić information content (AvgIpc) is 2.98. The van der Waals surface area contributed by atoms with E-state index in [0.29, 0.717) is 5.56 Å². The number of aromatic nitrogens is 2. The zero-order chi connectivity index (χ0) is 23.9. The number of aryl methyl sites for hydroxylation is 1. The molecule has 5 unspecified atom stereocenters. The Morgan fingerprint density at radius 2 is 1.97 bits per heavy atom. The lowest BCUT2D eigenvalue weighted by Crippen LogP contribution is -2.46. The van der Waals surface area contributed by atoms with Gasteiger partial charge in [0.15, 0.2) is 11.6 Å². The maximum absolute atomic E-state index is 15.7. The van der Waals surface area contributed by atoms with Crippen LogP contribution in [0.25, 0.3) is 0 Å². The molecule has 0 radical (unpaired) electrons. The minimum Gasteiger partial charge on any atom is -0.388 e. The molecule has 0 spiro atoms. The number of hydrogen-bond donors (Lipinski definition) is 5. The molecule has 0 saturated carbocycles. The third-order valence-corrected chi connectivity index (χ3v) is 8.02. The number of aliphatic hydroxyl groups excluding tert-OH is 2. The summed E-state index contributed by atoms with van der Waals surface area (Å²) in [5.41, 5.74) is 5.17. The summed E-state index contributed by atoms with van der Waals surface area (Å²) < 4.78 is 39.7. The van der Waals surface area contributed by atoms with Crippen molar-refractivity contribution >= 4 is 13.4 Å². The fourth-order valence-corrected chi connectivity index (χ4v) is 4.61. The first-order valence-corrected chi connectivity index (χ1v) is 11.5. The molecule has 1 aromatic heterocycles. The molecule has 8 atom stereocenters. The molecule has 178 valence electrons. The molecule has 0 aliphatic carbocycles. The van der Waals surface area contributed by atoms with Gasteiger partial charge in [-0.25, -0.2) is 9.18 Å². The van der Waals surface area contributed by atoms with Crippen molar-refractivity contribution in [3.8, 4) is 0 Å². The first-order valence-electron chi connectivity index (χ1n) is 9.93. The predicted molar refractivity (Wildman–Crippen MR) is 109 cm³/mol. The molecule has 2 rings (SSSR count). The second-order valence-corrected chi connectivity index (χ2v) is 10.3. The summed E-state index contributed by atoms with van der Waals surface area (Å²) in [5, 5.41) is 28.9. The number of rotatable bonds is 8. The van der Waals surface area contributed by atoms with Gasteiger partial charge in [-0.15, -0.1) is 0 Å². The van der Waals surface area contributed by atoms with Crippen molar-refractivity contribution in [2.24, 2.45) is 5.92 Å². The van der Waals surface area contributed by atoms with E-state index in [0.717, 1.165) is 11.5 Å². The Morgan fingerprint density at radius 3 is 2.48 bits per heavy atom. The number of hydrogen-bond acceptors (Lipinski definition) is 9. The molecule has 0 aromatic carbocycles. The summed E-state index contributed by atoms with van der Waals surface area (Å²) in [4.78, 5) is 26.0. The minimum atomic E-state index is -4.85. The molecule has 13 heteroatoms. The third kappa shape index (κ3) is 4.70. The summed E-state index contributed by atoms with van der Waals surface area (Å²) in [6.07, 6.45) is -5.41. The highest BCUT2D eigenvalue weighted by Gasteiger charge is 2.56. The molecule has 0 amide bonds. The maximum atomic E-state index is 15.7. The summed E-state index contributed by atoms with van der Waals surface area (Å²) in [6.45, 7) is 6.68. The molecule has 31 heavy (non-hydrogen) atoms. The Bertz CT molecular complexity index is 912. The van der Waals surface area contributed by atoms with E-state index in [-0.39, 0.29) is 12.2 Å². The number of halogens is 1. The highest BCUT2D eigenvalue weighted by Crippen LogP contribution is 2.60. The molecule has 0 bridgehead atoms. The quantitative estimate of drug-likeness (QED) is 0.343. The van der Waals surface area contributed by atoms with Crippen LogP contribution in [0.3, 0.4) is 0 Å².